The van der Waals surface area contributed by atoms with Gasteiger partial charge in [0.05, 0.1) is 0 Å². The molecule has 1 rings (SSSR count). The first kappa shape index (κ1) is 17.3. The summed E-state index contributed by atoms with van der Waals surface area (Å²) >= 11 is 2.07. The third kappa shape index (κ3) is 5.28. The summed E-state index contributed by atoms with van der Waals surface area (Å²) in [6, 6.07) is 0.666. The maximum absolute atomic E-state index is 3.79. The second-order valence-electron chi connectivity index (χ2n) is 7.20. The summed E-state index contributed by atoms with van der Waals surface area (Å²) in [5.74, 6) is 2.55. The molecule has 0 aromatic rings. The van der Waals surface area contributed by atoms with Gasteiger partial charge in [-0.2, -0.15) is 11.8 Å². The number of nitrogens with zero attached hydrogens (tertiary/aromatic N) is 1. The van der Waals surface area contributed by atoms with E-state index in [9.17, 15) is 0 Å². The van der Waals surface area contributed by atoms with Gasteiger partial charge in [-0.3, -0.25) is 4.90 Å². The molecule has 1 aliphatic rings. The maximum Gasteiger partial charge on any atom is 0.0278 e. The van der Waals surface area contributed by atoms with E-state index in [0.717, 1.165) is 6.54 Å². The zero-order valence-electron chi connectivity index (χ0n) is 13.9. The number of thioether (sulfide) groups is 1. The van der Waals surface area contributed by atoms with Crippen LogP contribution in [0.3, 0.4) is 0 Å². The molecule has 0 amide bonds. The minimum Gasteiger partial charge on any atom is -0.309 e. The van der Waals surface area contributed by atoms with Crippen molar-refractivity contribution in [3.05, 3.63) is 0 Å². The van der Waals surface area contributed by atoms with Crippen LogP contribution >= 0.6 is 11.8 Å². The summed E-state index contributed by atoms with van der Waals surface area (Å²) in [5.41, 5.74) is 0.666. The van der Waals surface area contributed by atoms with Crippen LogP contribution in [0.2, 0.25) is 0 Å². The number of hydrogen-bond acceptors (Lipinski definition) is 3. The molecule has 0 aromatic carbocycles. The SMILES string of the molecule is CCSCCCN1CC(C)(CC)NCC1C(C)(C)C. The lowest BCUT2D eigenvalue weighted by atomic mass is 9.81. The molecule has 19 heavy (non-hydrogen) atoms. The third-order valence-corrected chi connectivity index (χ3v) is 5.42. The number of nitrogens with one attached hydrogen (secondary N) is 1. The summed E-state index contributed by atoms with van der Waals surface area (Å²) in [4.78, 5) is 2.75. The fourth-order valence-corrected chi connectivity index (χ4v) is 3.55. The van der Waals surface area contributed by atoms with Crippen LogP contribution in [-0.2, 0) is 0 Å². The second-order valence-corrected chi connectivity index (χ2v) is 8.59. The van der Waals surface area contributed by atoms with Gasteiger partial charge in [0.2, 0.25) is 0 Å². The molecular formula is C16H34N2S. The Balaban J connectivity index is 2.61. The van der Waals surface area contributed by atoms with E-state index in [2.05, 4.69) is 63.5 Å². The molecule has 3 heteroatoms. The molecule has 1 N–H and O–H groups in total. The first-order valence-electron chi connectivity index (χ1n) is 7.89. The van der Waals surface area contributed by atoms with Crippen molar-refractivity contribution in [3.63, 3.8) is 0 Å². The molecule has 2 unspecified atom stereocenters. The number of hydrogen-bond donors (Lipinski definition) is 1. The summed E-state index contributed by atoms with van der Waals surface area (Å²) < 4.78 is 0. The van der Waals surface area contributed by atoms with Crippen LogP contribution in [-0.4, -0.2) is 47.6 Å². The Labute approximate surface area is 125 Å². The molecular weight excluding hydrogens is 252 g/mol. The topological polar surface area (TPSA) is 15.3 Å². The minimum atomic E-state index is 0.305. The van der Waals surface area contributed by atoms with Crippen molar-refractivity contribution in [2.24, 2.45) is 5.41 Å². The predicted molar refractivity (Wildman–Crippen MR) is 89.1 cm³/mol. The summed E-state index contributed by atoms with van der Waals surface area (Å²) in [7, 11) is 0. The quantitative estimate of drug-likeness (QED) is 0.751. The van der Waals surface area contributed by atoms with Gasteiger partial charge in [0.25, 0.3) is 0 Å². The largest absolute Gasteiger partial charge is 0.309 e. The van der Waals surface area contributed by atoms with E-state index in [4.69, 9.17) is 0 Å². The molecule has 0 saturated carbocycles. The monoisotopic (exact) mass is 286 g/mol. The van der Waals surface area contributed by atoms with Gasteiger partial charge in [-0.1, -0.05) is 34.6 Å². The molecule has 0 aliphatic carbocycles. The van der Waals surface area contributed by atoms with Gasteiger partial charge in [-0.25, -0.2) is 0 Å². The highest BCUT2D eigenvalue weighted by Gasteiger charge is 2.39. The van der Waals surface area contributed by atoms with Crippen molar-refractivity contribution >= 4 is 11.8 Å². The molecule has 2 atom stereocenters. The van der Waals surface area contributed by atoms with Crippen LogP contribution in [0.15, 0.2) is 0 Å². The Bertz CT molecular complexity index is 262. The minimum absolute atomic E-state index is 0.305. The molecule has 0 aromatic heterocycles. The highest BCUT2D eigenvalue weighted by Crippen LogP contribution is 2.30. The van der Waals surface area contributed by atoms with Gasteiger partial charge < -0.3 is 5.32 Å². The fourth-order valence-electron chi connectivity index (χ4n) is 2.93. The van der Waals surface area contributed by atoms with Crippen molar-refractivity contribution in [3.8, 4) is 0 Å². The van der Waals surface area contributed by atoms with E-state index in [-0.39, 0.29) is 0 Å². The standard InChI is InChI=1S/C16H34N2S/c1-7-16(6)13-18(10-9-11-19-8-2)14(12-17-16)15(3,4)5/h14,17H,7-13H2,1-6H3. The van der Waals surface area contributed by atoms with E-state index >= 15 is 0 Å². The Morgan fingerprint density at radius 2 is 2.00 bits per heavy atom. The molecule has 1 saturated heterocycles. The van der Waals surface area contributed by atoms with Crippen molar-refractivity contribution in [2.45, 2.75) is 66.0 Å². The molecule has 114 valence electrons. The number of rotatable bonds is 6. The fraction of sp³-hybridized carbons (Fsp3) is 1.00. The van der Waals surface area contributed by atoms with Crippen LogP contribution in [0.5, 0.6) is 0 Å². The van der Waals surface area contributed by atoms with Gasteiger partial charge in [-0.15, -0.1) is 0 Å². The predicted octanol–water partition coefficient (Wildman–Crippen LogP) is 3.62. The maximum atomic E-state index is 3.79. The Morgan fingerprint density at radius 1 is 1.32 bits per heavy atom. The van der Waals surface area contributed by atoms with Crippen molar-refractivity contribution in [1.82, 2.24) is 10.2 Å². The van der Waals surface area contributed by atoms with E-state index in [1.54, 1.807) is 0 Å². The van der Waals surface area contributed by atoms with Gasteiger partial charge in [0, 0.05) is 24.7 Å². The highest BCUT2D eigenvalue weighted by molar-refractivity contribution is 7.99. The average molecular weight is 287 g/mol. The molecule has 1 aliphatic heterocycles. The van der Waals surface area contributed by atoms with Gasteiger partial charge >= 0.3 is 0 Å². The highest BCUT2D eigenvalue weighted by atomic mass is 32.2. The lowest BCUT2D eigenvalue weighted by Gasteiger charge is -2.50. The smallest absolute Gasteiger partial charge is 0.0278 e. The Hall–Kier alpha value is 0.270. The molecule has 0 radical (unpaired) electrons. The Kier molecular flexibility index (Phi) is 6.68. The number of piperazine rings is 1. The van der Waals surface area contributed by atoms with E-state index in [0.29, 0.717) is 17.0 Å². The molecule has 1 fully saturated rings. The second kappa shape index (κ2) is 7.33. The van der Waals surface area contributed by atoms with E-state index in [1.807, 2.05) is 0 Å². The lowest BCUT2D eigenvalue weighted by Crippen LogP contribution is -2.65. The normalized spacial score (nSPS) is 29.7. The van der Waals surface area contributed by atoms with E-state index in [1.165, 1.54) is 37.4 Å². The van der Waals surface area contributed by atoms with Crippen molar-refractivity contribution in [2.75, 3.05) is 31.1 Å². The van der Waals surface area contributed by atoms with E-state index < -0.39 is 0 Å². The Morgan fingerprint density at radius 3 is 2.53 bits per heavy atom. The van der Waals surface area contributed by atoms with Crippen LogP contribution in [0.4, 0.5) is 0 Å². The average Bonchev–Trinajstić information content (AvgIpc) is 2.33. The van der Waals surface area contributed by atoms with Crippen LogP contribution < -0.4 is 5.32 Å². The van der Waals surface area contributed by atoms with Crippen LogP contribution in [0.25, 0.3) is 0 Å². The van der Waals surface area contributed by atoms with Crippen molar-refractivity contribution in [1.29, 1.82) is 0 Å². The van der Waals surface area contributed by atoms with Crippen LogP contribution in [0, 0.1) is 5.41 Å². The summed E-state index contributed by atoms with van der Waals surface area (Å²) in [6.45, 7) is 17.6. The van der Waals surface area contributed by atoms with Crippen molar-refractivity contribution < 1.29 is 0 Å². The van der Waals surface area contributed by atoms with Gasteiger partial charge in [0.15, 0.2) is 0 Å². The molecule has 0 spiro atoms. The van der Waals surface area contributed by atoms with Crippen LogP contribution in [0.1, 0.15) is 54.4 Å². The summed E-state index contributed by atoms with van der Waals surface area (Å²) in [5, 5.41) is 3.79. The first-order chi connectivity index (χ1) is 8.82. The molecule has 2 nitrogen and oxygen atoms in total. The zero-order valence-corrected chi connectivity index (χ0v) is 14.7. The first-order valence-corrected chi connectivity index (χ1v) is 9.04. The lowest BCUT2D eigenvalue weighted by molar-refractivity contribution is 0.0267. The zero-order chi connectivity index (χ0) is 14.5. The van der Waals surface area contributed by atoms with Gasteiger partial charge in [-0.05, 0) is 43.2 Å². The molecule has 0 bridgehead atoms. The summed E-state index contributed by atoms with van der Waals surface area (Å²) in [6.07, 6.45) is 2.54. The van der Waals surface area contributed by atoms with Gasteiger partial charge in [0.1, 0.15) is 0 Å². The third-order valence-electron chi connectivity index (χ3n) is 4.43. The molecule has 1 heterocycles.